The Labute approximate surface area is 173 Å². The monoisotopic (exact) mass is 392 g/mol. The molecule has 0 aliphatic heterocycles. The van der Waals surface area contributed by atoms with Gasteiger partial charge in [-0.2, -0.15) is 0 Å². The molecule has 0 fully saturated rings. The average molecular weight is 392 g/mol. The fourth-order valence-electron chi connectivity index (χ4n) is 3.56. The van der Waals surface area contributed by atoms with Gasteiger partial charge in [0.15, 0.2) is 0 Å². The standard InChI is InChI=1S/C25H20N4O/c30-25-28-23-11-10-20(13-24(23)29-25)21-12-22(16-26-15-21)27-14-17-6-8-19(9-7-17)18-4-2-1-3-5-18/h1-13,15-16,27H,14H2,(H2,28,29,30). The van der Waals surface area contributed by atoms with Crippen LogP contribution >= 0.6 is 0 Å². The number of rotatable bonds is 5. The minimum atomic E-state index is -0.200. The molecule has 5 aromatic rings. The molecule has 0 saturated carbocycles. The van der Waals surface area contributed by atoms with E-state index in [9.17, 15) is 4.79 Å². The molecule has 0 unspecified atom stereocenters. The second-order valence-electron chi connectivity index (χ2n) is 7.22. The van der Waals surface area contributed by atoms with Gasteiger partial charge in [-0.3, -0.25) is 4.98 Å². The van der Waals surface area contributed by atoms with Crippen molar-refractivity contribution in [2.75, 3.05) is 5.32 Å². The van der Waals surface area contributed by atoms with Crippen LogP contribution < -0.4 is 11.0 Å². The predicted molar refractivity (Wildman–Crippen MR) is 121 cm³/mol. The van der Waals surface area contributed by atoms with E-state index in [0.717, 1.165) is 27.8 Å². The molecule has 146 valence electrons. The minimum Gasteiger partial charge on any atom is -0.380 e. The molecule has 0 radical (unpaired) electrons. The van der Waals surface area contributed by atoms with Gasteiger partial charge in [-0.05, 0) is 40.5 Å². The number of fused-ring (bicyclic) bond motifs is 1. The molecule has 5 nitrogen and oxygen atoms in total. The number of anilines is 1. The van der Waals surface area contributed by atoms with Gasteiger partial charge in [0.1, 0.15) is 0 Å². The second-order valence-corrected chi connectivity index (χ2v) is 7.22. The van der Waals surface area contributed by atoms with Gasteiger partial charge in [-0.15, -0.1) is 0 Å². The van der Waals surface area contributed by atoms with Crippen LogP contribution in [0.4, 0.5) is 5.69 Å². The van der Waals surface area contributed by atoms with Crippen molar-refractivity contribution in [2.24, 2.45) is 0 Å². The van der Waals surface area contributed by atoms with Crippen molar-refractivity contribution in [1.29, 1.82) is 0 Å². The Hall–Kier alpha value is -4.12. The molecule has 5 rings (SSSR count). The quantitative estimate of drug-likeness (QED) is 0.385. The Morgan fingerprint density at radius 2 is 1.43 bits per heavy atom. The zero-order valence-electron chi connectivity index (χ0n) is 16.2. The summed E-state index contributed by atoms with van der Waals surface area (Å²) < 4.78 is 0. The van der Waals surface area contributed by atoms with Crippen molar-refractivity contribution in [3.05, 3.63) is 107 Å². The Bertz CT molecular complexity index is 1350. The molecule has 0 amide bonds. The SMILES string of the molecule is O=c1[nH]c2ccc(-c3cncc(NCc4ccc(-c5ccccc5)cc4)c3)cc2[nH]1. The highest BCUT2D eigenvalue weighted by molar-refractivity contribution is 5.81. The first-order chi connectivity index (χ1) is 14.7. The number of pyridine rings is 1. The summed E-state index contributed by atoms with van der Waals surface area (Å²) in [5.74, 6) is 0. The number of aromatic amines is 2. The average Bonchev–Trinajstić information content (AvgIpc) is 3.18. The van der Waals surface area contributed by atoms with E-state index in [0.29, 0.717) is 6.54 Å². The van der Waals surface area contributed by atoms with Crippen molar-refractivity contribution in [2.45, 2.75) is 6.54 Å². The third kappa shape index (κ3) is 3.73. The topological polar surface area (TPSA) is 73.6 Å². The summed E-state index contributed by atoms with van der Waals surface area (Å²) in [5, 5.41) is 3.45. The lowest BCUT2D eigenvalue weighted by Gasteiger charge is -2.09. The van der Waals surface area contributed by atoms with E-state index >= 15 is 0 Å². The molecule has 2 heterocycles. The van der Waals surface area contributed by atoms with Gasteiger partial charge in [0.05, 0.1) is 16.7 Å². The van der Waals surface area contributed by atoms with Gasteiger partial charge >= 0.3 is 5.69 Å². The van der Waals surface area contributed by atoms with E-state index in [1.807, 2.05) is 36.7 Å². The van der Waals surface area contributed by atoms with Crippen LogP contribution in [0.1, 0.15) is 5.56 Å². The second kappa shape index (κ2) is 7.72. The van der Waals surface area contributed by atoms with Crippen molar-refractivity contribution in [3.63, 3.8) is 0 Å². The first-order valence-electron chi connectivity index (χ1n) is 9.80. The molecule has 0 atom stereocenters. The molecular formula is C25H20N4O. The van der Waals surface area contributed by atoms with E-state index in [-0.39, 0.29) is 5.69 Å². The molecule has 5 heteroatoms. The Morgan fingerprint density at radius 1 is 0.700 bits per heavy atom. The zero-order valence-corrected chi connectivity index (χ0v) is 16.2. The van der Waals surface area contributed by atoms with E-state index in [4.69, 9.17) is 0 Å². The van der Waals surface area contributed by atoms with Gasteiger partial charge in [-0.25, -0.2) is 4.79 Å². The molecular weight excluding hydrogens is 372 g/mol. The van der Waals surface area contributed by atoms with Gasteiger partial charge in [-0.1, -0.05) is 60.7 Å². The molecule has 3 N–H and O–H groups in total. The highest BCUT2D eigenvalue weighted by Crippen LogP contribution is 2.24. The zero-order chi connectivity index (χ0) is 20.3. The minimum absolute atomic E-state index is 0.200. The summed E-state index contributed by atoms with van der Waals surface area (Å²) in [6, 6.07) is 26.8. The lowest BCUT2D eigenvalue weighted by atomic mass is 10.0. The number of nitrogens with one attached hydrogen (secondary N) is 3. The summed E-state index contributed by atoms with van der Waals surface area (Å²) in [4.78, 5) is 21.4. The predicted octanol–water partition coefficient (Wildman–Crippen LogP) is 5.20. The van der Waals surface area contributed by atoms with Gasteiger partial charge in [0.2, 0.25) is 0 Å². The largest absolute Gasteiger partial charge is 0.380 e. The van der Waals surface area contributed by atoms with E-state index in [1.165, 1.54) is 16.7 Å². The highest BCUT2D eigenvalue weighted by atomic mass is 16.1. The normalized spacial score (nSPS) is 10.9. The van der Waals surface area contributed by atoms with Gasteiger partial charge in [0, 0.05) is 24.5 Å². The Kier molecular flexibility index (Phi) is 4.62. The number of hydrogen-bond donors (Lipinski definition) is 3. The molecule has 2 aromatic heterocycles. The number of nitrogens with zero attached hydrogens (tertiary/aromatic N) is 1. The number of imidazole rings is 1. The fourth-order valence-corrected chi connectivity index (χ4v) is 3.56. The van der Waals surface area contributed by atoms with Crippen LogP contribution in [0.25, 0.3) is 33.3 Å². The number of H-pyrrole nitrogens is 2. The van der Waals surface area contributed by atoms with Crippen LogP contribution in [0.5, 0.6) is 0 Å². The van der Waals surface area contributed by atoms with Crippen molar-refractivity contribution < 1.29 is 0 Å². The number of aromatic nitrogens is 3. The molecule has 3 aromatic carbocycles. The maximum Gasteiger partial charge on any atom is 0.323 e. The molecule has 0 saturated heterocycles. The van der Waals surface area contributed by atoms with E-state index < -0.39 is 0 Å². The van der Waals surface area contributed by atoms with Crippen molar-refractivity contribution >= 4 is 16.7 Å². The summed E-state index contributed by atoms with van der Waals surface area (Å²) in [6.45, 7) is 0.713. The Morgan fingerprint density at radius 3 is 2.27 bits per heavy atom. The highest BCUT2D eigenvalue weighted by Gasteiger charge is 2.04. The number of benzene rings is 3. The fraction of sp³-hybridized carbons (Fsp3) is 0.0400. The third-order valence-corrected chi connectivity index (χ3v) is 5.15. The summed E-state index contributed by atoms with van der Waals surface area (Å²) >= 11 is 0. The smallest absolute Gasteiger partial charge is 0.323 e. The molecule has 0 bridgehead atoms. The molecule has 30 heavy (non-hydrogen) atoms. The maximum absolute atomic E-state index is 11.5. The van der Waals surface area contributed by atoms with Crippen LogP contribution in [0.15, 0.2) is 96.1 Å². The molecule has 0 spiro atoms. The maximum atomic E-state index is 11.5. The lowest BCUT2D eigenvalue weighted by Crippen LogP contribution is -2.00. The van der Waals surface area contributed by atoms with Crippen LogP contribution in [0.3, 0.4) is 0 Å². The first-order valence-corrected chi connectivity index (χ1v) is 9.80. The Balaban J connectivity index is 1.31. The number of hydrogen-bond acceptors (Lipinski definition) is 3. The lowest BCUT2D eigenvalue weighted by molar-refractivity contribution is 1.14. The summed E-state index contributed by atoms with van der Waals surface area (Å²) in [7, 11) is 0. The first kappa shape index (κ1) is 17.9. The van der Waals surface area contributed by atoms with Crippen LogP contribution in [-0.4, -0.2) is 15.0 Å². The summed E-state index contributed by atoms with van der Waals surface area (Å²) in [5.41, 5.74) is 7.95. The van der Waals surface area contributed by atoms with Gasteiger partial charge in [0.25, 0.3) is 0 Å². The van der Waals surface area contributed by atoms with E-state index in [1.54, 1.807) is 0 Å². The van der Waals surface area contributed by atoms with Crippen molar-refractivity contribution in [1.82, 2.24) is 15.0 Å². The third-order valence-electron chi connectivity index (χ3n) is 5.15. The van der Waals surface area contributed by atoms with Crippen LogP contribution in [0, 0.1) is 0 Å². The van der Waals surface area contributed by atoms with Crippen molar-refractivity contribution in [3.8, 4) is 22.3 Å². The van der Waals surface area contributed by atoms with Gasteiger partial charge < -0.3 is 15.3 Å². The molecule has 0 aliphatic carbocycles. The van der Waals surface area contributed by atoms with Crippen LogP contribution in [0.2, 0.25) is 0 Å². The van der Waals surface area contributed by atoms with Crippen LogP contribution in [-0.2, 0) is 6.54 Å². The van der Waals surface area contributed by atoms with E-state index in [2.05, 4.69) is 74.9 Å². The molecule has 0 aliphatic rings. The summed E-state index contributed by atoms with van der Waals surface area (Å²) in [6.07, 6.45) is 3.64.